The smallest absolute Gasteiger partial charge is 0.0597 e. The van der Waals surface area contributed by atoms with Crippen LogP contribution in [0.5, 0.6) is 0 Å². The molecule has 0 saturated heterocycles. The van der Waals surface area contributed by atoms with Crippen LogP contribution in [0, 0.1) is 0 Å². The predicted molar refractivity (Wildman–Crippen MR) is 58.0 cm³/mol. The van der Waals surface area contributed by atoms with Gasteiger partial charge in [0.15, 0.2) is 0 Å². The molecule has 2 nitrogen and oxygen atoms in total. The number of anilines is 2. The Balaban J connectivity index is 3.11. The van der Waals surface area contributed by atoms with Gasteiger partial charge in [0.25, 0.3) is 0 Å². The van der Waals surface area contributed by atoms with Crippen molar-refractivity contribution in [2.75, 3.05) is 31.4 Å². The van der Waals surface area contributed by atoms with Gasteiger partial charge in [0, 0.05) is 25.6 Å². The fourth-order valence-corrected chi connectivity index (χ4v) is 1.46. The van der Waals surface area contributed by atoms with Crippen LogP contribution in [-0.4, -0.2) is 21.1 Å². The minimum atomic E-state index is 1.09. The highest BCUT2D eigenvalue weighted by Gasteiger charge is 2.02. The van der Waals surface area contributed by atoms with Gasteiger partial charge in [-0.3, -0.25) is 0 Å². The SMILES string of the molecule is CNc1cc(Br)ccc1N(C)C. The summed E-state index contributed by atoms with van der Waals surface area (Å²) in [5.74, 6) is 0. The molecule has 1 N–H and O–H groups in total. The van der Waals surface area contributed by atoms with Crippen molar-refractivity contribution in [2.24, 2.45) is 0 Å². The zero-order valence-corrected chi connectivity index (χ0v) is 9.14. The van der Waals surface area contributed by atoms with E-state index in [-0.39, 0.29) is 0 Å². The van der Waals surface area contributed by atoms with Gasteiger partial charge < -0.3 is 10.2 Å². The minimum Gasteiger partial charge on any atom is -0.386 e. The van der Waals surface area contributed by atoms with Gasteiger partial charge >= 0.3 is 0 Å². The van der Waals surface area contributed by atoms with Crippen LogP contribution in [0.3, 0.4) is 0 Å². The molecule has 0 unspecified atom stereocenters. The molecule has 0 radical (unpaired) electrons. The summed E-state index contributed by atoms with van der Waals surface area (Å²) >= 11 is 3.43. The lowest BCUT2D eigenvalue weighted by Gasteiger charge is -2.17. The fourth-order valence-electron chi connectivity index (χ4n) is 1.10. The lowest BCUT2D eigenvalue weighted by molar-refractivity contribution is 1.13. The molecule has 0 heterocycles. The molecule has 66 valence electrons. The van der Waals surface area contributed by atoms with Crippen LogP contribution in [0.25, 0.3) is 0 Å². The summed E-state index contributed by atoms with van der Waals surface area (Å²) in [5, 5.41) is 3.15. The summed E-state index contributed by atoms with van der Waals surface area (Å²) in [6.07, 6.45) is 0. The molecular formula is C9H13BrN2. The predicted octanol–water partition coefficient (Wildman–Crippen LogP) is 2.56. The van der Waals surface area contributed by atoms with Gasteiger partial charge in [-0.25, -0.2) is 0 Å². The van der Waals surface area contributed by atoms with Crippen molar-refractivity contribution < 1.29 is 0 Å². The molecule has 0 aliphatic rings. The number of nitrogens with one attached hydrogen (secondary N) is 1. The first-order valence-electron chi connectivity index (χ1n) is 3.80. The number of hydrogen-bond acceptors (Lipinski definition) is 2. The highest BCUT2D eigenvalue weighted by atomic mass is 79.9. The Hall–Kier alpha value is -0.700. The van der Waals surface area contributed by atoms with Crippen molar-refractivity contribution in [3.05, 3.63) is 22.7 Å². The Labute approximate surface area is 81.7 Å². The minimum absolute atomic E-state index is 1.09. The largest absolute Gasteiger partial charge is 0.386 e. The third kappa shape index (κ3) is 1.91. The molecule has 0 aliphatic carbocycles. The summed E-state index contributed by atoms with van der Waals surface area (Å²) in [6.45, 7) is 0. The van der Waals surface area contributed by atoms with Gasteiger partial charge in [-0.1, -0.05) is 15.9 Å². The molecule has 0 spiro atoms. The summed E-state index contributed by atoms with van der Waals surface area (Å²) < 4.78 is 1.09. The quantitative estimate of drug-likeness (QED) is 0.838. The Morgan fingerprint density at radius 1 is 1.33 bits per heavy atom. The van der Waals surface area contributed by atoms with Crippen LogP contribution in [0.15, 0.2) is 22.7 Å². The topological polar surface area (TPSA) is 15.3 Å². The van der Waals surface area contributed by atoms with E-state index in [2.05, 4.69) is 38.3 Å². The van der Waals surface area contributed by atoms with Crippen LogP contribution in [-0.2, 0) is 0 Å². The Morgan fingerprint density at radius 2 is 2.00 bits per heavy atom. The van der Waals surface area contributed by atoms with E-state index in [0.29, 0.717) is 0 Å². The van der Waals surface area contributed by atoms with Crippen molar-refractivity contribution in [2.45, 2.75) is 0 Å². The molecule has 0 aliphatic heterocycles. The van der Waals surface area contributed by atoms with E-state index in [1.54, 1.807) is 0 Å². The maximum atomic E-state index is 3.43. The Kier molecular flexibility index (Phi) is 2.98. The molecule has 0 atom stereocenters. The number of nitrogens with zero attached hydrogens (tertiary/aromatic N) is 1. The van der Waals surface area contributed by atoms with Crippen LogP contribution in [0.2, 0.25) is 0 Å². The first kappa shape index (κ1) is 9.39. The van der Waals surface area contributed by atoms with Gasteiger partial charge in [0.05, 0.1) is 11.4 Å². The van der Waals surface area contributed by atoms with Crippen molar-refractivity contribution in [3.8, 4) is 0 Å². The van der Waals surface area contributed by atoms with Gasteiger partial charge in [0.2, 0.25) is 0 Å². The van der Waals surface area contributed by atoms with Crippen LogP contribution < -0.4 is 10.2 Å². The summed E-state index contributed by atoms with van der Waals surface area (Å²) in [7, 11) is 5.99. The second-order valence-electron chi connectivity index (χ2n) is 2.81. The van der Waals surface area contributed by atoms with Crippen LogP contribution in [0.1, 0.15) is 0 Å². The van der Waals surface area contributed by atoms with E-state index in [1.807, 2.05) is 27.2 Å². The third-order valence-corrected chi connectivity index (χ3v) is 2.20. The molecule has 0 aromatic heterocycles. The molecular weight excluding hydrogens is 216 g/mol. The highest BCUT2D eigenvalue weighted by Crippen LogP contribution is 2.27. The maximum absolute atomic E-state index is 3.43. The first-order valence-corrected chi connectivity index (χ1v) is 4.59. The lowest BCUT2D eigenvalue weighted by Crippen LogP contribution is -2.10. The molecule has 12 heavy (non-hydrogen) atoms. The van der Waals surface area contributed by atoms with E-state index in [4.69, 9.17) is 0 Å². The zero-order chi connectivity index (χ0) is 9.14. The molecule has 3 heteroatoms. The Bertz CT molecular complexity index is 271. The fraction of sp³-hybridized carbons (Fsp3) is 0.333. The molecule has 1 aromatic carbocycles. The number of benzene rings is 1. The highest BCUT2D eigenvalue weighted by molar-refractivity contribution is 9.10. The normalized spacial score (nSPS) is 9.67. The van der Waals surface area contributed by atoms with Crippen LogP contribution >= 0.6 is 15.9 Å². The van der Waals surface area contributed by atoms with E-state index in [9.17, 15) is 0 Å². The summed E-state index contributed by atoms with van der Waals surface area (Å²) in [5.41, 5.74) is 2.33. The summed E-state index contributed by atoms with van der Waals surface area (Å²) in [4.78, 5) is 2.08. The second kappa shape index (κ2) is 3.81. The Morgan fingerprint density at radius 3 is 2.50 bits per heavy atom. The van der Waals surface area contributed by atoms with Crippen molar-refractivity contribution in [3.63, 3.8) is 0 Å². The maximum Gasteiger partial charge on any atom is 0.0597 e. The summed E-state index contributed by atoms with van der Waals surface area (Å²) in [6, 6.07) is 6.18. The van der Waals surface area contributed by atoms with E-state index in [0.717, 1.165) is 10.2 Å². The molecule has 1 rings (SSSR count). The standard InChI is InChI=1S/C9H13BrN2/c1-11-8-6-7(10)4-5-9(8)12(2)3/h4-6,11H,1-3H3. The van der Waals surface area contributed by atoms with Crippen molar-refractivity contribution in [1.29, 1.82) is 0 Å². The van der Waals surface area contributed by atoms with Crippen LogP contribution in [0.4, 0.5) is 11.4 Å². The average Bonchev–Trinajstić information content (AvgIpc) is 2.03. The molecule has 0 fully saturated rings. The monoisotopic (exact) mass is 228 g/mol. The van der Waals surface area contributed by atoms with Gasteiger partial charge in [-0.05, 0) is 18.2 Å². The molecule has 0 bridgehead atoms. The van der Waals surface area contributed by atoms with Gasteiger partial charge in [-0.15, -0.1) is 0 Å². The van der Waals surface area contributed by atoms with Gasteiger partial charge in [0.1, 0.15) is 0 Å². The number of halogens is 1. The first-order chi connectivity index (χ1) is 5.65. The molecule has 0 saturated carbocycles. The zero-order valence-electron chi connectivity index (χ0n) is 7.56. The second-order valence-corrected chi connectivity index (χ2v) is 3.72. The number of rotatable bonds is 2. The average molecular weight is 229 g/mol. The van der Waals surface area contributed by atoms with E-state index < -0.39 is 0 Å². The number of hydrogen-bond donors (Lipinski definition) is 1. The van der Waals surface area contributed by atoms with E-state index >= 15 is 0 Å². The van der Waals surface area contributed by atoms with E-state index in [1.165, 1.54) is 5.69 Å². The van der Waals surface area contributed by atoms with Crippen molar-refractivity contribution in [1.82, 2.24) is 0 Å². The third-order valence-electron chi connectivity index (χ3n) is 1.71. The molecule has 1 aromatic rings. The lowest BCUT2D eigenvalue weighted by atomic mass is 10.2. The molecule has 0 amide bonds. The van der Waals surface area contributed by atoms with Crippen molar-refractivity contribution >= 4 is 27.3 Å². The van der Waals surface area contributed by atoms with Gasteiger partial charge in [-0.2, -0.15) is 0 Å².